The van der Waals surface area contributed by atoms with E-state index in [1.807, 2.05) is 6.92 Å². The molecular weight excluding hydrogens is 267 g/mol. The second-order valence-corrected chi connectivity index (χ2v) is 5.17. The Balaban J connectivity index is 1.94. The summed E-state index contributed by atoms with van der Waals surface area (Å²) < 4.78 is 12.8. The van der Waals surface area contributed by atoms with Crippen LogP contribution in [0, 0.1) is 12.7 Å². The van der Waals surface area contributed by atoms with E-state index in [9.17, 15) is 9.18 Å². The third kappa shape index (κ3) is 3.72. The molecule has 0 radical (unpaired) electrons. The van der Waals surface area contributed by atoms with Gasteiger partial charge in [-0.25, -0.2) is 4.39 Å². The quantitative estimate of drug-likeness (QED) is 0.902. The Hall–Kier alpha value is -2.02. The minimum Gasteiger partial charge on any atom is -0.374 e. The number of benzene rings is 1. The number of hydrogen-bond acceptors (Lipinski definition) is 5. The molecule has 100 valence electrons. The minimum absolute atomic E-state index is 0.222. The number of anilines is 2. The van der Waals surface area contributed by atoms with Crippen LogP contribution in [0.1, 0.15) is 11.9 Å². The van der Waals surface area contributed by atoms with E-state index >= 15 is 0 Å². The van der Waals surface area contributed by atoms with Crippen molar-refractivity contribution in [2.24, 2.45) is 0 Å². The average molecular weight is 280 g/mol. The zero-order chi connectivity index (χ0) is 13.8. The van der Waals surface area contributed by atoms with E-state index in [1.165, 1.54) is 23.5 Å². The molecule has 5 nitrogen and oxygen atoms in total. The lowest BCUT2D eigenvalue weighted by molar-refractivity contribution is -0.116. The molecule has 1 unspecified atom stereocenters. The second kappa shape index (κ2) is 5.75. The van der Waals surface area contributed by atoms with Gasteiger partial charge in [0.15, 0.2) is 0 Å². The molecule has 7 heteroatoms. The van der Waals surface area contributed by atoms with E-state index in [2.05, 4.69) is 20.8 Å². The van der Waals surface area contributed by atoms with Crippen LogP contribution in [0.4, 0.5) is 15.2 Å². The molecule has 1 aromatic carbocycles. The molecule has 1 amide bonds. The van der Waals surface area contributed by atoms with Gasteiger partial charge in [-0.05, 0) is 38.1 Å². The first-order chi connectivity index (χ1) is 9.04. The molecule has 1 atom stereocenters. The van der Waals surface area contributed by atoms with Crippen molar-refractivity contribution in [3.63, 3.8) is 0 Å². The highest BCUT2D eigenvalue weighted by Gasteiger charge is 2.14. The van der Waals surface area contributed by atoms with Gasteiger partial charge in [0.2, 0.25) is 11.0 Å². The number of nitrogens with one attached hydrogen (secondary N) is 2. The largest absolute Gasteiger partial charge is 0.374 e. The third-order valence-electron chi connectivity index (χ3n) is 2.38. The Morgan fingerprint density at radius 3 is 2.58 bits per heavy atom. The molecule has 0 saturated carbocycles. The van der Waals surface area contributed by atoms with Crippen molar-refractivity contribution in [3.05, 3.63) is 35.1 Å². The maximum absolute atomic E-state index is 12.8. The lowest BCUT2D eigenvalue weighted by Crippen LogP contribution is -2.31. The molecule has 0 aliphatic carbocycles. The molecule has 0 bridgehead atoms. The fourth-order valence-electron chi connectivity index (χ4n) is 1.42. The van der Waals surface area contributed by atoms with Crippen LogP contribution in [-0.2, 0) is 4.79 Å². The van der Waals surface area contributed by atoms with Crippen LogP contribution >= 0.6 is 11.3 Å². The monoisotopic (exact) mass is 280 g/mol. The Morgan fingerprint density at radius 1 is 1.32 bits per heavy atom. The van der Waals surface area contributed by atoms with Gasteiger partial charge in [-0.3, -0.25) is 10.1 Å². The van der Waals surface area contributed by atoms with Crippen LogP contribution < -0.4 is 10.6 Å². The Bertz CT molecular complexity index is 569. The highest BCUT2D eigenvalue weighted by atomic mass is 32.1. The summed E-state index contributed by atoms with van der Waals surface area (Å²) in [5.41, 5.74) is 0.678. The first kappa shape index (κ1) is 13.4. The van der Waals surface area contributed by atoms with Gasteiger partial charge in [0.25, 0.3) is 0 Å². The molecule has 0 spiro atoms. The Kier molecular flexibility index (Phi) is 4.06. The van der Waals surface area contributed by atoms with Crippen LogP contribution in [0.5, 0.6) is 0 Å². The van der Waals surface area contributed by atoms with Crippen LogP contribution in [0.25, 0.3) is 0 Å². The standard InChI is InChI=1S/C12H13FN4OS/c1-7(14-10-5-3-9(13)4-6-10)11(18)15-12-17-16-8(2)19-12/h3-7,14H,1-2H3,(H,15,17,18). The van der Waals surface area contributed by atoms with E-state index in [0.717, 1.165) is 5.01 Å². The maximum atomic E-state index is 12.8. The summed E-state index contributed by atoms with van der Waals surface area (Å²) in [6.45, 7) is 3.53. The number of amides is 1. The SMILES string of the molecule is Cc1nnc(NC(=O)C(C)Nc2ccc(F)cc2)s1. The number of aryl methyl sites for hydroxylation is 1. The number of hydrogen-bond donors (Lipinski definition) is 2. The lowest BCUT2D eigenvalue weighted by atomic mass is 10.2. The van der Waals surface area contributed by atoms with Crippen molar-refractivity contribution < 1.29 is 9.18 Å². The van der Waals surface area contributed by atoms with Gasteiger partial charge >= 0.3 is 0 Å². The van der Waals surface area contributed by atoms with Crippen LogP contribution in [0.3, 0.4) is 0 Å². The molecular formula is C12H13FN4OS. The molecule has 2 N–H and O–H groups in total. The number of rotatable bonds is 4. The van der Waals surface area contributed by atoms with Gasteiger partial charge in [0.1, 0.15) is 16.9 Å². The summed E-state index contributed by atoms with van der Waals surface area (Å²) in [7, 11) is 0. The summed E-state index contributed by atoms with van der Waals surface area (Å²) >= 11 is 1.31. The van der Waals surface area contributed by atoms with Crippen LogP contribution in [0.2, 0.25) is 0 Å². The van der Waals surface area contributed by atoms with E-state index in [-0.39, 0.29) is 11.7 Å². The highest BCUT2D eigenvalue weighted by Crippen LogP contribution is 2.15. The Morgan fingerprint density at radius 2 is 2.00 bits per heavy atom. The summed E-state index contributed by atoms with van der Waals surface area (Å²) in [6, 6.07) is 5.36. The summed E-state index contributed by atoms with van der Waals surface area (Å²) in [5.74, 6) is -0.535. The van der Waals surface area contributed by atoms with Crippen molar-refractivity contribution >= 4 is 28.1 Å². The van der Waals surface area contributed by atoms with E-state index in [1.54, 1.807) is 19.1 Å². The number of carbonyl (C=O) groups excluding carboxylic acids is 1. The number of nitrogens with zero attached hydrogens (tertiary/aromatic N) is 2. The molecule has 1 heterocycles. The summed E-state index contributed by atoms with van der Waals surface area (Å²) in [5, 5.41) is 14.5. The maximum Gasteiger partial charge on any atom is 0.248 e. The van der Waals surface area contributed by atoms with E-state index < -0.39 is 6.04 Å². The van der Waals surface area contributed by atoms with Gasteiger partial charge in [0, 0.05) is 5.69 Å². The molecule has 2 rings (SSSR count). The predicted molar refractivity (Wildman–Crippen MR) is 72.8 cm³/mol. The van der Waals surface area contributed by atoms with Crippen molar-refractivity contribution in [2.45, 2.75) is 19.9 Å². The topological polar surface area (TPSA) is 66.9 Å². The molecule has 0 aliphatic heterocycles. The van der Waals surface area contributed by atoms with E-state index in [0.29, 0.717) is 10.8 Å². The molecule has 0 fully saturated rings. The average Bonchev–Trinajstić information content (AvgIpc) is 2.77. The van der Waals surface area contributed by atoms with E-state index in [4.69, 9.17) is 0 Å². The number of halogens is 1. The van der Waals surface area contributed by atoms with Crippen molar-refractivity contribution in [1.82, 2.24) is 10.2 Å². The number of aromatic nitrogens is 2. The second-order valence-electron chi connectivity index (χ2n) is 3.99. The minimum atomic E-state index is -0.463. The normalized spacial score (nSPS) is 11.9. The van der Waals surface area contributed by atoms with Crippen LogP contribution in [0.15, 0.2) is 24.3 Å². The summed E-state index contributed by atoms with van der Waals surface area (Å²) in [4.78, 5) is 11.9. The summed E-state index contributed by atoms with van der Waals surface area (Å²) in [6.07, 6.45) is 0. The van der Waals surface area contributed by atoms with Crippen molar-refractivity contribution in [3.8, 4) is 0 Å². The third-order valence-corrected chi connectivity index (χ3v) is 3.13. The van der Waals surface area contributed by atoms with Gasteiger partial charge in [-0.1, -0.05) is 11.3 Å². The zero-order valence-electron chi connectivity index (χ0n) is 10.5. The zero-order valence-corrected chi connectivity index (χ0v) is 11.3. The van der Waals surface area contributed by atoms with Crippen molar-refractivity contribution in [2.75, 3.05) is 10.6 Å². The lowest BCUT2D eigenvalue weighted by Gasteiger charge is -2.13. The molecule has 0 aliphatic rings. The molecule has 2 aromatic rings. The number of carbonyl (C=O) groups is 1. The van der Waals surface area contributed by atoms with Crippen molar-refractivity contribution in [1.29, 1.82) is 0 Å². The Labute approximate surface area is 113 Å². The van der Waals surface area contributed by atoms with Gasteiger partial charge < -0.3 is 5.32 Å². The highest BCUT2D eigenvalue weighted by molar-refractivity contribution is 7.15. The molecule has 19 heavy (non-hydrogen) atoms. The molecule has 1 aromatic heterocycles. The van der Waals surface area contributed by atoms with Gasteiger partial charge in [-0.2, -0.15) is 0 Å². The first-order valence-corrected chi connectivity index (χ1v) is 6.49. The fraction of sp³-hybridized carbons (Fsp3) is 0.250. The first-order valence-electron chi connectivity index (χ1n) is 5.67. The smallest absolute Gasteiger partial charge is 0.248 e. The predicted octanol–water partition coefficient (Wildman–Crippen LogP) is 2.42. The van der Waals surface area contributed by atoms with Crippen LogP contribution in [-0.4, -0.2) is 22.1 Å². The van der Waals surface area contributed by atoms with Gasteiger partial charge in [0.05, 0.1) is 0 Å². The fourth-order valence-corrected chi connectivity index (χ4v) is 2.02. The van der Waals surface area contributed by atoms with Gasteiger partial charge in [-0.15, -0.1) is 10.2 Å². The molecule has 0 saturated heterocycles.